The highest BCUT2D eigenvalue weighted by Crippen LogP contribution is 2.24. The molecule has 24 heavy (non-hydrogen) atoms. The van der Waals surface area contributed by atoms with Gasteiger partial charge in [-0.3, -0.25) is 14.4 Å². The molecule has 0 aromatic carbocycles. The molecule has 1 heterocycles. The third kappa shape index (κ3) is 6.38. The highest BCUT2D eigenvalue weighted by Gasteiger charge is 2.22. The number of nitrogens with one attached hydrogen (secondary N) is 2. The Bertz CT molecular complexity index is 533. The van der Waals surface area contributed by atoms with Crippen LogP contribution in [-0.2, 0) is 14.4 Å². The Balaban J connectivity index is 2.55. The molecule has 0 saturated heterocycles. The zero-order chi connectivity index (χ0) is 17.9. The maximum atomic E-state index is 12.3. The molecule has 8 heteroatoms. The molecule has 1 aromatic heterocycles. The van der Waals surface area contributed by atoms with Crippen molar-refractivity contribution >= 4 is 28.9 Å². The molecule has 7 nitrogen and oxygen atoms in total. The Labute approximate surface area is 146 Å². The van der Waals surface area contributed by atoms with Gasteiger partial charge >= 0.3 is 0 Å². The molecule has 0 aliphatic carbocycles. The van der Waals surface area contributed by atoms with E-state index in [1.807, 2.05) is 17.5 Å². The van der Waals surface area contributed by atoms with E-state index in [9.17, 15) is 14.4 Å². The number of Topliss-reactive ketones (excluding diaryl/α,β-unsaturated/α-hetero) is 1. The van der Waals surface area contributed by atoms with Gasteiger partial charge < -0.3 is 22.1 Å². The molecule has 134 valence electrons. The van der Waals surface area contributed by atoms with Crippen LogP contribution >= 0.6 is 11.3 Å². The van der Waals surface area contributed by atoms with E-state index in [-0.39, 0.29) is 24.2 Å². The number of ketones is 1. The van der Waals surface area contributed by atoms with Gasteiger partial charge in [-0.25, -0.2) is 0 Å². The van der Waals surface area contributed by atoms with E-state index in [2.05, 4.69) is 10.6 Å². The summed E-state index contributed by atoms with van der Waals surface area (Å²) in [5, 5.41) is 7.14. The normalized spacial score (nSPS) is 13.1. The van der Waals surface area contributed by atoms with Crippen LogP contribution < -0.4 is 22.1 Å². The van der Waals surface area contributed by atoms with E-state index in [0.29, 0.717) is 32.4 Å². The first-order chi connectivity index (χ1) is 11.5. The van der Waals surface area contributed by atoms with Crippen LogP contribution in [0.4, 0.5) is 0 Å². The van der Waals surface area contributed by atoms with Crippen molar-refractivity contribution < 1.29 is 14.4 Å². The molecule has 2 atom stereocenters. The van der Waals surface area contributed by atoms with Crippen LogP contribution in [0, 0.1) is 0 Å². The number of thiophene rings is 1. The SMILES string of the molecule is CCC(=O)C(CCN)NC(=O)CNC(=O)C(CCN)c1cccs1. The van der Waals surface area contributed by atoms with E-state index < -0.39 is 11.9 Å². The molecular formula is C16H26N4O3S. The number of hydrogen-bond acceptors (Lipinski definition) is 6. The smallest absolute Gasteiger partial charge is 0.239 e. The molecule has 0 radical (unpaired) electrons. The van der Waals surface area contributed by atoms with Gasteiger partial charge in [0.1, 0.15) is 0 Å². The van der Waals surface area contributed by atoms with Gasteiger partial charge in [-0.1, -0.05) is 13.0 Å². The molecule has 0 spiro atoms. The van der Waals surface area contributed by atoms with Gasteiger partial charge in [-0.2, -0.15) is 0 Å². The number of carbonyl (C=O) groups excluding carboxylic acids is 3. The second-order valence-electron chi connectivity index (χ2n) is 5.38. The molecule has 0 saturated carbocycles. The van der Waals surface area contributed by atoms with Crippen LogP contribution in [0.25, 0.3) is 0 Å². The van der Waals surface area contributed by atoms with Crippen molar-refractivity contribution in [1.82, 2.24) is 10.6 Å². The van der Waals surface area contributed by atoms with E-state index in [1.165, 1.54) is 11.3 Å². The number of hydrogen-bond donors (Lipinski definition) is 4. The number of amides is 2. The van der Waals surface area contributed by atoms with Gasteiger partial charge in [-0.15, -0.1) is 11.3 Å². The molecule has 0 aliphatic rings. The number of rotatable bonds is 11. The third-order valence-corrected chi connectivity index (χ3v) is 4.60. The van der Waals surface area contributed by atoms with Gasteiger partial charge in [0.2, 0.25) is 11.8 Å². The lowest BCUT2D eigenvalue weighted by molar-refractivity contribution is -0.129. The molecule has 2 amide bonds. The lowest BCUT2D eigenvalue weighted by atomic mass is 10.0. The first-order valence-electron chi connectivity index (χ1n) is 8.06. The van der Waals surface area contributed by atoms with Gasteiger partial charge in [-0.05, 0) is 37.4 Å². The summed E-state index contributed by atoms with van der Waals surface area (Å²) < 4.78 is 0. The highest BCUT2D eigenvalue weighted by atomic mass is 32.1. The maximum Gasteiger partial charge on any atom is 0.239 e. The first-order valence-corrected chi connectivity index (χ1v) is 8.94. The molecule has 1 aromatic rings. The van der Waals surface area contributed by atoms with Crippen LogP contribution in [-0.4, -0.2) is 43.3 Å². The highest BCUT2D eigenvalue weighted by molar-refractivity contribution is 7.10. The fourth-order valence-electron chi connectivity index (χ4n) is 2.32. The second kappa shape index (κ2) is 10.9. The van der Waals surface area contributed by atoms with Crippen molar-refractivity contribution in [3.05, 3.63) is 22.4 Å². The van der Waals surface area contributed by atoms with Crippen LogP contribution in [0.2, 0.25) is 0 Å². The minimum Gasteiger partial charge on any atom is -0.346 e. The quantitative estimate of drug-likeness (QED) is 0.448. The lowest BCUT2D eigenvalue weighted by Crippen LogP contribution is -2.46. The summed E-state index contributed by atoms with van der Waals surface area (Å²) in [6, 6.07) is 3.15. The fraction of sp³-hybridized carbons (Fsp3) is 0.562. The Morgan fingerprint density at radius 2 is 1.92 bits per heavy atom. The van der Waals surface area contributed by atoms with Gasteiger partial charge in [0.25, 0.3) is 0 Å². The molecular weight excluding hydrogens is 328 g/mol. The molecule has 0 bridgehead atoms. The standard InChI is InChI=1S/C16H26N4O3S/c1-2-13(21)12(6-8-18)20-15(22)10-19-16(23)11(5-7-17)14-4-3-9-24-14/h3-4,9,11-12H,2,5-8,10,17-18H2,1H3,(H,19,23)(H,20,22). The lowest BCUT2D eigenvalue weighted by Gasteiger charge is -2.18. The predicted molar refractivity (Wildman–Crippen MR) is 94.6 cm³/mol. The molecule has 0 aliphatic heterocycles. The minimum absolute atomic E-state index is 0.0697. The Morgan fingerprint density at radius 3 is 2.46 bits per heavy atom. The van der Waals surface area contributed by atoms with Crippen molar-refractivity contribution in [3.8, 4) is 0 Å². The summed E-state index contributed by atoms with van der Waals surface area (Å²) in [4.78, 5) is 37.0. The fourth-order valence-corrected chi connectivity index (χ4v) is 3.18. The van der Waals surface area contributed by atoms with Gasteiger partial charge in [0.15, 0.2) is 5.78 Å². The minimum atomic E-state index is -0.596. The molecule has 0 fully saturated rings. The number of carbonyl (C=O) groups is 3. The van der Waals surface area contributed by atoms with E-state index >= 15 is 0 Å². The van der Waals surface area contributed by atoms with Crippen molar-refractivity contribution in [2.45, 2.75) is 38.1 Å². The largest absolute Gasteiger partial charge is 0.346 e. The zero-order valence-corrected chi connectivity index (χ0v) is 14.7. The third-order valence-electron chi connectivity index (χ3n) is 3.61. The number of nitrogens with two attached hydrogens (primary N) is 2. The summed E-state index contributed by atoms with van der Waals surface area (Å²) in [5.41, 5.74) is 11.0. The van der Waals surface area contributed by atoms with E-state index in [4.69, 9.17) is 11.5 Å². The Hall–Kier alpha value is -1.77. The summed E-state index contributed by atoms with van der Waals surface area (Å²) in [6.07, 6.45) is 1.23. The predicted octanol–water partition coefficient (Wildman–Crippen LogP) is 0.109. The zero-order valence-electron chi connectivity index (χ0n) is 13.9. The van der Waals surface area contributed by atoms with Crippen molar-refractivity contribution in [2.24, 2.45) is 11.5 Å². The van der Waals surface area contributed by atoms with Crippen LogP contribution in [0.1, 0.15) is 37.0 Å². The van der Waals surface area contributed by atoms with Crippen molar-refractivity contribution in [2.75, 3.05) is 19.6 Å². The van der Waals surface area contributed by atoms with E-state index in [1.54, 1.807) is 6.92 Å². The van der Waals surface area contributed by atoms with Gasteiger partial charge in [0, 0.05) is 11.3 Å². The van der Waals surface area contributed by atoms with E-state index in [0.717, 1.165) is 4.88 Å². The van der Waals surface area contributed by atoms with Crippen molar-refractivity contribution in [3.63, 3.8) is 0 Å². The summed E-state index contributed by atoms with van der Waals surface area (Å²) in [5.74, 6) is -1.07. The van der Waals surface area contributed by atoms with Crippen LogP contribution in [0.15, 0.2) is 17.5 Å². The Kier molecular flexibility index (Phi) is 9.21. The summed E-state index contributed by atoms with van der Waals surface area (Å²) in [6.45, 7) is 2.24. The van der Waals surface area contributed by atoms with Crippen molar-refractivity contribution in [1.29, 1.82) is 0 Å². The first kappa shape index (κ1) is 20.3. The Morgan fingerprint density at radius 1 is 1.21 bits per heavy atom. The average molecular weight is 354 g/mol. The van der Waals surface area contributed by atoms with Gasteiger partial charge in [0.05, 0.1) is 18.5 Å². The molecule has 2 unspecified atom stereocenters. The molecule has 1 rings (SSSR count). The molecule has 6 N–H and O–H groups in total. The summed E-state index contributed by atoms with van der Waals surface area (Å²) >= 11 is 1.48. The van der Waals surface area contributed by atoms with Crippen LogP contribution in [0.3, 0.4) is 0 Å². The van der Waals surface area contributed by atoms with Crippen LogP contribution in [0.5, 0.6) is 0 Å². The average Bonchev–Trinajstić information content (AvgIpc) is 3.10. The summed E-state index contributed by atoms with van der Waals surface area (Å²) in [7, 11) is 0. The second-order valence-corrected chi connectivity index (χ2v) is 6.36. The topological polar surface area (TPSA) is 127 Å². The maximum absolute atomic E-state index is 12.3. The monoisotopic (exact) mass is 354 g/mol.